The Morgan fingerprint density at radius 3 is 2.36 bits per heavy atom. The fourth-order valence-electron chi connectivity index (χ4n) is 6.17. The Morgan fingerprint density at radius 1 is 0.952 bits per heavy atom. The van der Waals surface area contributed by atoms with Crippen molar-refractivity contribution in [1.82, 2.24) is 24.4 Å². The molecule has 0 atom stereocenters. The van der Waals surface area contributed by atoms with Gasteiger partial charge in [0.2, 0.25) is 5.95 Å². The highest BCUT2D eigenvalue weighted by Gasteiger charge is 2.35. The number of aliphatic hydroxyl groups is 1. The van der Waals surface area contributed by atoms with E-state index in [0.29, 0.717) is 42.5 Å². The summed E-state index contributed by atoms with van der Waals surface area (Å²) in [5.41, 5.74) is 3.29. The van der Waals surface area contributed by atoms with Crippen LogP contribution in [0.2, 0.25) is 5.02 Å². The van der Waals surface area contributed by atoms with Gasteiger partial charge in [0.1, 0.15) is 0 Å². The third-order valence-electron chi connectivity index (χ3n) is 8.92. The Morgan fingerprint density at radius 2 is 1.67 bits per heavy atom. The first-order valence-corrected chi connectivity index (χ1v) is 15.3. The maximum absolute atomic E-state index is 13.1. The van der Waals surface area contributed by atoms with Crippen molar-refractivity contribution >= 4 is 40.5 Å². The van der Waals surface area contributed by atoms with Crippen molar-refractivity contribution in [3.63, 3.8) is 0 Å². The summed E-state index contributed by atoms with van der Waals surface area (Å²) < 4.78 is 1.78. The molecule has 2 aromatic carbocycles. The number of piperidine rings is 1. The molecule has 2 aromatic heterocycles. The van der Waals surface area contributed by atoms with E-state index in [1.165, 1.54) is 19.4 Å². The van der Waals surface area contributed by atoms with Gasteiger partial charge in [-0.15, -0.1) is 5.10 Å². The number of aromatic nitrogens is 3. The molecule has 1 aliphatic carbocycles. The van der Waals surface area contributed by atoms with Crippen molar-refractivity contribution in [2.24, 2.45) is 5.92 Å². The number of hydrogen-bond acceptors (Lipinski definition) is 7. The number of benzene rings is 2. The van der Waals surface area contributed by atoms with E-state index in [1.807, 2.05) is 71.8 Å². The molecule has 3 aliphatic rings. The van der Waals surface area contributed by atoms with E-state index >= 15 is 0 Å². The molecule has 1 amide bonds. The first-order valence-electron chi connectivity index (χ1n) is 14.9. The monoisotopic (exact) mass is 585 g/mol. The fraction of sp³-hybridized carbons (Fsp3) is 0.406. The molecule has 7 rings (SSSR count). The molecule has 1 saturated carbocycles. The van der Waals surface area contributed by atoms with Gasteiger partial charge in [-0.3, -0.25) is 9.69 Å². The molecule has 42 heavy (non-hydrogen) atoms. The molecule has 4 aromatic rings. The van der Waals surface area contributed by atoms with E-state index in [2.05, 4.69) is 20.2 Å². The van der Waals surface area contributed by atoms with Gasteiger partial charge in [-0.25, -0.2) is 4.52 Å². The van der Waals surface area contributed by atoms with Crippen LogP contribution < -0.4 is 10.2 Å². The van der Waals surface area contributed by atoms with Gasteiger partial charge in [-0.1, -0.05) is 23.7 Å². The molecule has 3 fully saturated rings. The Hall–Kier alpha value is -3.66. The first-order chi connectivity index (χ1) is 20.4. The molecule has 2 aliphatic heterocycles. The summed E-state index contributed by atoms with van der Waals surface area (Å²) in [6, 6.07) is 19.1. The third kappa shape index (κ3) is 5.69. The summed E-state index contributed by atoms with van der Waals surface area (Å²) in [7, 11) is 0. The molecule has 0 radical (unpaired) electrons. The molecule has 4 heterocycles. The van der Waals surface area contributed by atoms with Gasteiger partial charge in [0, 0.05) is 68.3 Å². The smallest absolute Gasteiger partial charge is 0.253 e. The van der Waals surface area contributed by atoms with Gasteiger partial charge < -0.3 is 20.2 Å². The summed E-state index contributed by atoms with van der Waals surface area (Å²) in [6.45, 7) is 6.08. The zero-order valence-corrected chi connectivity index (χ0v) is 24.4. The molecular weight excluding hydrogens is 550 g/mol. The second-order valence-corrected chi connectivity index (χ2v) is 12.3. The highest BCUT2D eigenvalue weighted by atomic mass is 35.5. The van der Waals surface area contributed by atoms with Crippen LogP contribution in [0.1, 0.15) is 41.6 Å². The van der Waals surface area contributed by atoms with E-state index in [9.17, 15) is 9.90 Å². The molecule has 2 N–H and O–H groups in total. The van der Waals surface area contributed by atoms with E-state index in [4.69, 9.17) is 16.6 Å². The number of nitrogens with zero attached hydrogens (tertiary/aromatic N) is 6. The highest BCUT2D eigenvalue weighted by molar-refractivity contribution is 6.30. The molecule has 218 valence electrons. The van der Waals surface area contributed by atoms with Crippen LogP contribution in [0.4, 0.5) is 17.3 Å². The number of nitrogens with one attached hydrogen (secondary N) is 1. The van der Waals surface area contributed by atoms with Crippen LogP contribution in [0.25, 0.3) is 5.65 Å². The standard InChI is InChI=1S/C32H36ClN7O2/c33-26-9-7-25(8-10-26)32(42)13-16-38(17-14-32)28-2-1-15-40-29(28)35-31(36-40)34-27-11-5-24(6-12-27)30(41)39-20-18-37(19-21-39)22-23-3-4-23/h1-2,5-12,15,23,42H,3-4,13-14,16-22H2,(H,34,36). The van der Waals surface area contributed by atoms with Crippen molar-refractivity contribution in [3.8, 4) is 0 Å². The number of fused-ring (bicyclic) bond motifs is 1. The number of anilines is 3. The lowest BCUT2D eigenvalue weighted by atomic mass is 9.84. The van der Waals surface area contributed by atoms with Gasteiger partial charge in [-0.05, 0) is 85.7 Å². The van der Waals surface area contributed by atoms with Crippen LogP contribution in [-0.4, -0.2) is 81.2 Å². The van der Waals surface area contributed by atoms with Crippen LogP contribution in [-0.2, 0) is 5.60 Å². The summed E-state index contributed by atoms with van der Waals surface area (Å²) in [4.78, 5) is 24.6. The van der Waals surface area contributed by atoms with Crippen LogP contribution in [0.15, 0.2) is 66.9 Å². The quantitative estimate of drug-likeness (QED) is 0.323. The fourth-order valence-corrected chi connectivity index (χ4v) is 6.29. The third-order valence-corrected chi connectivity index (χ3v) is 9.17. The lowest BCUT2D eigenvalue weighted by Gasteiger charge is -2.39. The van der Waals surface area contributed by atoms with Crippen molar-refractivity contribution in [2.75, 3.05) is 56.0 Å². The van der Waals surface area contributed by atoms with E-state index in [-0.39, 0.29) is 5.91 Å². The summed E-state index contributed by atoms with van der Waals surface area (Å²) in [5, 5.41) is 19.9. The second-order valence-electron chi connectivity index (χ2n) is 11.9. The van der Waals surface area contributed by atoms with E-state index in [0.717, 1.165) is 54.7 Å². The maximum Gasteiger partial charge on any atom is 0.253 e. The van der Waals surface area contributed by atoms with Gasteiger partial charge in [0.05, 0.1) is 11.3 Å². The number of piperazine rings is 1. The minimum Gasteiger partial charge on any atom is -0.385 e. The maximum atomic E-state index is 13.1. The number of carbonyl (C=O) groups is 1. The Kier molecular flexibility index (Phi) is 7.25. The number of carbonyl (C=O) groups excluding carboxylic acids is 1. The average Bonchev–Trinajstić information content (AvgIpc) is 3.73. The van der Waals surface area contributed by atoms with Gasteiger partial charge in [0.15, 0.2) is 5.65 Å². The average molecular weight is 586 g/mol. The van der Waals surface area contributed by atoms with Crippen LogP contribution in [0, 0.1) is 5.92 Å². The van der Waals surface area contributed by atoms with E-state index < -0.39 is 5.60 Å². The van der Waals surface area contributed by atoms with Crippen molar-refractivity contribution < 1.29 is 9.90 Å². The highest BCUT2D eigenvalue weighted by Crippen LogP contribution is 2.36. The Balaban J connectivity index is 0.991. The lowest BCUT2D eigenvalue weighted by Crippen LogP contribution is -2.49. The minimum absolute atomic E-state index is 0.0904. The summed E-state index contributed by atoms with van der Waals surface area (Å²) in [5.74, 6) is 1.46. The van der Waals surface area contributed by atoms with Crippen molar-refractivity contribution in [2.45, 2.75) is 31.3 Å². The molecule has 10 heteroatoms. The lowest BCUT2D eigenvalue weighted by molar-refractivity contribution is 0.0118. The number of halogens is 1. The Bertz CT molecular complexity index is 1550. The normalized spacial score (nSPS) is 19.3. The molecule has 0 unspecified atom stereocenters. The predicted octanol–water partition coefficient (Wildman–Crippen LogP) is 4.78. The molecule has 2 saturated heterocycles. The number of rotatable bonds is 7. The van der Waals surface area contributed by atoms with Crippen LogP contribution in [0.5, 0.6) is 0 Å². The minimum atomic E-state index is -0.871. The number of pyridine rings is 1. The Labute approximate surface area is 250 Å². The van der Waals surface area contributed by atoms with Gasteiger partial charge in [0.25, 0.3) is 5.91 Å². The van der Waals surface area contributed by atoms with Crippen molar-refractivity contribution in [3.05, 3.63) is 83.0 Å². The van der Waals surface area contributed by atoms with Crippen molar-refractivity contribution in [1.29, 1.82) is 0 Å². The molecule has 9 nitrogen and oxygen atoms in total. The summed E-state index contributed by atoms with van der Waals surface area (Å²) in [6.07, 6.45) is 5.82. The zero-order valence-electron chi connectivity index (χ0n) is 23.6. The number of hydrogen-bond donors (Lipinski definition) is 2. The van der Waals surface area contributed by atoms with E-state index in [1.54, 1.807) is 4.52 Å². The van der Waals surface area contributed by atoms with Crippen LogP contribution in [0.3, 0.4) is 0 Å². The predicted molar refractivity (Wildman–Crippen MR) is 165 cm³/mol. The second kappa shape index (κ2) is 11.2. The topological polar surface area (TPSA) is 89.2 Å². The van der Waals surface area contributed by atoms with Crippen LogP contribution >= 0.6 is 11.6 Å². The van der Waals surface area contributed by atoms with Gasteiger partial charge >= 0.3 is 0 Å². The summed E-state index contributed by atoms with van der Waals surface area (Å²) >= 11 is 6.05. The molecular formula is C32H36ClN7O2. The molecule has 0 bridgehead atoms. The molecule has 0 spiro atoms. The van der Waals surface area contributed by atoms with Gasteiger partial charge in [-0.2, -0.15) is 4.98 Å². The number of amides is 1. The largest absolute Gasteiger partial charge is 0.385 e. The SMILES string of the molecule is O=C(c1ccc(Nc2nc3c(N4CCC(O)(c5ccc(Cl)cc5)CC4)cccn3n2)cc1)N1CCN(CC2CC2)CC1. The first kappa shape index (κ1) is 27.2. The zero-order chi connectivity index (χ0) is 28.7.